The predicted molar refractivity (Wildman–Crippen MR) is 129 cm³/mol. The van der Waals surface area contributed by atoms with Crippen molar-refractivity contribution in [1.29, 1.82) is 0 Å². The number of rotatable bonds is 17. The van der Waals surface area contributed by atoms with Crippen LogP contribution in [-0.2, 0) is 28.8 Å². The molecule has 0 saturated heterocycles. The summed E-state index contributed by atoms with van der Waals surface area (Å²) < 4.78 is 0. The van der Waals surface area contributed by atoms with Crippen molar-refractivity contribution in [2.24, 2.45) is 5.92 Å². The minimum atomic E-state index is -0.307. The van der Waals surface area contributed by atoms with Gasteiger partial charge in [0.15, 0.2) is 0 Å². The van der Waals surface area contributed by atoms with Crippen LogP contribution in [0, 0.1) is 5.92 Å². The quantitative estimate of drug-likeness (QED) is 0.133. The molecule has 1 fully saturated rings. The van der Waals surface area contributed by atoms with Gasteiger partial charge in [0.25, 0.3) is 0 Å². The molecular weight excluding hydrogens is 456 g/mol. The van der Waals surface area contributed by atoms with Crippen molar-refractivity contribution >= 4 is 35.3 Å². The normalized spacial score (nSPS) is 17.3. The SMILES string of the molecule is CCC(CC(=O)NCCC(=O)NC1CC(C(=O)NCCC(=O)NC)C1)NC(=O)CCNCC(C)=O. The summed E-state index contributed by atoms with van der Waals surface area (Å²) in [6.07, 6.45) is 2.36. The molecule has 1 saturated carbocycles. The molecule has 0 aromatic carbocycles. The first-order chi connectivity index (χ1) is 16.6. The third-order valence-corrected chi connectivity index (χ3v) is 5.67. The van der Waals surface area contributed by atoms with Gasteiger partial charge in [-0.25, -0.2) is 0 Å². The first-order valence-corrected chi connectivity index (χ1v) is 12.2. The van der Waals surface area contributed by atoms with Gasteiger partial charge in [-0.2, -0.15) is 0 Å². The lowest BCUT2D eigenvalue weighted by atomic mass is 9.79. The van der Waals surface area contributed by atoms with E-state index in [1.165, 1.54) is 14.0 Å². The van der Waals surface area contributed by atoms with Crippen molar-refractivity contribution in [2.45, 2.75) is 70.9 Å². The molecule has 12 heteroatoms. The minimum Gasteiger partial charge on any atom is -0.359 e. The predicted octanol–water partition coefficient (Wildman–Crippen LogP) is -1.51. The largest absolute Gasteiger partial charge is 0.359 e. The summed E-state index contributed by atoms with van der Waals surface area (Å²) in [5, 5.41) is 16.4. The van der Waals surface area contributed by atoms with Crippen LogP contribution in [0.1, 0.15) is 58.8 Å². The highest BCUT2D eigenvalue weighted by Gasteiger charge is 2.35. The summed E-state index contributed by atoms with van der Waals surface area (Å²) in [4.78, 5) is 70.2. The van der Waals surface area contributed by atoms with Crippen molar-refractivity contribution in [3.63, 3.8) is 0 Å². The van der Waals surface area contributed by atoms with Gasteiger partial charge >= 0.3 is 0 Å². The molecule has 198 valence electrons. The lowest BCUT2D eigenvalue weighted by Gasteiger charge is -2.34. The molecule has 1 aliphatic rings. The number of hydrogen-bond donors (Lipinski definition) is 6. The van der Waals surface area contributed by atoms with Gasteiger partial charge in [-0.1, -0.05) is 6.92 Å². The number of nitrogens with one attached hydrogen (secondary N) is 6. The Bertz CT molecular complexity index is 753. The number of Topliss-reactive ketones (excluding diaryl/α,β-unsaturated/α-hetero) is 1. The molecule has 1 unspecified atom stereocenters. The second-order valence-electron chi connectivity index (χ2n) is 8.75. The van der Waals surface area contributed by atoms with E-state index >= 15 is 0 Å². The highest BCUT2D eigenvalue weighted by atomic mass is 16.2. The maximum Gasteiger partial charge on any atom is 0.223 e. The van der Waals surface area contributed by atoms with Crippen LogP contribution < -0.4 is 31.9 Å². The molecule has 0 heterocycles. The second kappa shape index (κ2) is 16.6. The average molecular weight is 497 g/mol. The van der Waals surface area contributed by atoms with Crippen LogP contribution in [-0.4, -0.2) is 80.6 Å². The number of hydrogen-bond acceptors (Lipinski definition) is 7. The molecule has 0 bridgehead atoms. The average Bonchev–Trinajstić information content (AvgIpc) is 2.77. The van der Waals surface area contributed by atoms with E-state index < -0.39 is 0 Å². The van der Waals surface area contributed by atoms with Crippen LogP contribution in [0.2, 0.25) is 0 Å². The monoisotopic (exact) mass is 496 g/mol. The molecule has 0 radical (unpaired) electrons. The third kappa shape index (κ3) is 13.5. The first-order valence-electron chi connectivity index (χ1n) is 12.2. The lowest BCUT2D eigenvalue weighted by Crippen LogP contribution is -2.50. The van der Waals surface area contributed by atoms with Crippen molar-refractivity contribution < 1.29 is 28.8 Å². The van der Waals surface area contributed by atoms with Crippen molar-refractivity contribution in [3.8, 4) is 0 Å². The zero-order valence-electron chi connectivity index (χ0n) is 21.0. The van der Waals surface area contributed by atoms with Gasteiger partial charge in [0.05, 0.1) is 6.54 Å². The summed E-state index contributed by atoms with van der Waals surface area (Å²) in [5.74, 6) is -1.08. The highest BCUT2D eigenvalue weighted by molar-refractivity contribution is 5.83. The van der Waals surface area contributed by atoms with Gasteiger partial charge in [0.1, 0.15) is 5.78 Å². The van der Waals surface area contributed by atoms with Gasteiger partial charge < -0.3 is 31.9 Å². The minimum absolute atomic E-state index is 0.00238. The smallest absolute Gasteiger partial charge is 0.223 e. The molecule has 0 aliphatic heterocycles. The van der Waals surface area contributed by atoms with Crippen LogP contribution in [0.15, 0.2) is 0 Å². The molecule has 35 heavy (non-hydrogen) atoms. The zero-order valence-corrected chi connectivity index (χ0v) is 21.0. The van der Waals surface area contributed by atoms with Gasteiger partial charge in [-0.3, -0.25) is 28.8 Å². The molecule has 0 spiro atoms. The number of amides is 5. The van der Waals surface area contributed by atoms with E-state index in [-0.39, 0.29) is 98.6 Å². The van der Waals surface area contributed by atoms with Crippen molar-refractivity contribution in [1.82, 2.24) is 31.9 Å². The molecule has 1 rings (SSSR count). The van der Waals surface area contributed by atoms with Gasteiger partial charge in [0, 0.05) is 70.4 Å². The summed E-state index contributed by atoms with van der Waals surface area (Å²) >= 11 is 0. The van der Waals surface area contributed by atoms with Crippen molar-refractivity contribution in [3.05, 3.63) is 0 Å². The highest BCUT2D eigenvalue weighted by Crippen LogP contribution is 2.27. The molecule has 5 amide bonds. The summed E-state index contributed by atoms with van der Waals surface area (Å²) in [5.41, 5.74) is 0. The number of ketones is 1. The summed E-state index contributed by atoms with van der Waals surface area (Å²) in [6.45, 7) is 4.40. The van der Waals surface area contributed by atoms with Crippen LogP contribution in [0.3, 0.4) is 0 Å². The van der Waals surface area contributed by atoms with E-state index in [0.29, 0.717) is 25.8 Å². The number of carbonyl (C=O) groups is 6. The molecule has 1 aliphatic carbocycles. The van der Waals surface area contributed by atoms with E-state index in [2.05, 4.69) is 31.9 Å². The van der Waals surface area contributed by atoms with Crippen LogP contribution >= 0.6 is 0 Å². The molecule has 1 atom stereocenters. The fourth-order valence-corrected chi connectivity index (χ4v) is 3.49. The molecule has 0 aromatic rings. The topological polar surface area (TPSA) is 175 Å². The maximum absolute atomic E-state index is 12.2. The van der Waals surface area contributed by atoms with Crippen LogP contribution in [0.25, 0.3) is 0 Å². The van der Waals surface area contributed by atoms with Gasteiger partial charge in [0.2, 0.25) is 29.5 Å². The Morgan fingerprint density at radius 1 is 0.829 bits per heavy atom. The lowest BCUT2D eigenvalue weighted by molar-refractivity contribution is -0.131. The van der Waals surface area contributed by atoms with E-state index in [1.807, 2.05) is 6.92 Å². The summed E-state index contributed by atoms with van der Waals surface area (Å²) in [7, 11) is 1.54. The zero-order chi connectivity index (χ0) is 26.2. The Morgan fingerprint density at radius 3 is 2.09 bits per heavy atom. The van der Waals surface area contributed by atoms with E-state index in [4.69, 9.17) is 0 Å². The van der Waals surface area contributed by atoms with E-state index in [0.717, 1.165) is 0 Å². The second-order valence-corrected chi connectivity index (χ2v) is 8.75. The third-order valence-electron chi connectivity index (χ3n) is 5.67. The van der Waals surface area contributed by atoms with Crippen LogP contribution in [0.4, 0.5) is 0 Å². The Balaban J connectivity index is 2.14. The van der Waals surface area contributed by atoms with E-state index in [9.17, 15) is 28.8 Å². The Labute approximate surface area is 206 Å². The van der Waals surface area contributed by atoms with E-state index in [1.54, 1.807) is 0 Å². The molecule has 6 N–H and O–H groups in total. The van der Waals surface area contributed by atoms with Gasteiger partial charge in [-0.05, 0) is 26.2 Å². The Morgan fingerprint density at radius 2 is 1.46 bits per heavy atom. The standard InChI is InChI=1S/C23H40N6O6/c1-4-17(28-20(32)5-8-25-14-15(2)30)13-22(34)26-9-7-21(33)29-18-11-16(12-18)23(35)27-10-6-19(31)24-3/h16-18,25H,4-14H2,1-3H3,(H,24,31)(H,26,34)(H,27,35)(H,28,32)(H,29,33). The Hall–Kier alpha value is -3.02. The van der Waals surface area contributed by atoms with Crippen molar-refractivity contribution in [2.75, 3.05) is 33.2 Å². The maximum atomic E-state index is 12.2. The summed E-state index contributed by atoms with van der Waals surface area (Å²) in [6, 6.07) is -0.379. The first kappa shape index (κ1) is 30.0. The fourth-order valence-electron chi connectivity index (χ4n) is 3.49. The molecular formula is C23H40N6O6. The number of carbonyl (C=O) groups excluding carboxylic acids is 6. The molecule has 12 nitrogen and oxygen atoms in total. The Kier molecular flexibility index (Phi) is 14.2. The fraction of sp³-hybridized carbons (Fsp3) is 0.739. The van der Waals surface area contributed by atoms with Gasteiger partial charge in [-0.15, -0.1) is 0 Å². The van der Waals surface area contributed by atoms with Crippen LogP contribution in [0.5, 0.6) is 0 Å². The molecule has 0 aromatic heterocycles.